The molecule has 0 aliphatic carbocycles. The van der Waals surface area contributed by atoms with Crippen molar-refractivity contribution in [3.8, 4) is 5.75 Å². The number of fused-ring (bicyclic) bond motifs is 1. The van der Waals surface area contributed by atoms with E-state index in [2.05, 4.69) is 26.6 Å². The molecule has 2 nitrogen and oxygen atoms in total. The Balaban J connectivity index is 2.72. The summed E-state index contributed by atoms with van der Waals surface area (Å²) >= 11 is 4.89. The van der Waals surface area contributed by atoms with Crippen LogP contribution < -0.4 is 4.18 Å². The molecular formula is C10H10BrNOS. The highest BCUT2D eigenvalue weighted by molar-refractivity contribution is 9.10. The SMILES string of the molecule is CSOc1cccc2c1c(Br)cn2C. The number of hydrogen-bond acceptors (Lipinski definition) is 2. The van der Waals surface area contributed by atoms with Crippen LogP contribution in [0.15, 0.2) is 28.9 Å². The summed E-state index contributed by atoms with van der Waals surface area (Å²) in [7, 11) is 2.02. The van der Waals surface area contributed by atoms with Crippen LogP contribution in [0.25, 0.3) is 10.9 Å². The summed E-state index contributed by atoms with van der Waals surface area (Å²) in [6, 6.07) is 6.05. The second kappa shape index (κ2) is 3.87. The maximum Gasteiger partial charge on any atom is 0.147 e. The van der Waals surface area contributed by atoms with Gasteiger partial charge in [-0.3, -0.25) is 0 Å². The minimum atomic E-state index is 0.905. The summed E-state index contributed by atoms with van der Waals surface area (Å²) in [6.07, 6.45) is 3.95. The first-order chi connectivity index (χ1) is 6.74. The number of aromatic nitrogens is 1. The van der Waals surface area contributed by atoms with Crippen LogP contribution in [-0.2, 0) is 7.05 Å². The minimum Gasteiger partial charge on any atom is -0.425 e. The lowest BCUT2D eigenvalue weighted by atomic mass is 10.2. The molecule has 1 aromatic heterocycles. The van der Waals surface area contributed by atoms with Crippen LogP contribution in [0, 0.1) is 0 Å². The highest BCUT2D eigenvalue weighted by atomic mass is 79.9. The summed E-state index contributed by atoms with van der Waals surface area (Å²) in [4.78, 5) is 0. The molecule has 0 unspecified atom stereocenters. The Bertz CT molecular complexity index is 466. The number of hydrogen-bond donors (Lipinski definition) is 0. The molecule has 1 heterocycles. The molecule has 14 heavy (non-hydrogen) atoms. The molecule has 2 aromatic rings. The first-order valence-corrected chi connectivity index (χ1v) is 6.12. The zero-order chi connectivity index (χ0) is 10.1. The van der Waals surface area contributed by atoms with Gasteiger partial charge in [-0.05, 0) is 28.1 Å². The fourth-order valence-electron chi connectivity index (χ4n) is 1.52. The van der Waals surface area contributed by atoms with Crippen molar-refractivity contribution >= 4 is 38.9 Å². The molecule has 0 saturated carbocycles. The topological polar surface area (TPSA) is 14.2 Å². The Kier molecular flexibility index (Phi) is 2.74. The van der Waals surface area contributed by atoms with Crippen LogP contribution in [0.4, 0.5) is 0 Å². The molecule has 0 aliphatic heterocycles. The third kappa shape index (κ3) is 1.53. The number of halogens is 1. The quantitative estimate of drug-likeness (QED) is 0.775. The highest BCUT2D eigenvalue weighted by Gasteiger charge is 2.09. The van der Waals surface area contributed by atoms with E-state index in [1.165, 1.54) is 17.6 Å². The van der Waals surface area contributed by atoms with E-state index in [4.69, 9.17) is 4.18 Å². The summed E-state index contributed by atoms with van der Waals surface area (Å²) in [5.41, 5.74) is 1.17. The molecule has 4 heteroatoms. The summed E-state index contributed by atoms with van der Waals surface area (Å²) < 4.78 is 8.63. The fraction of sp³-hybridized carbons (Fsp3) is 0.200. The summed E-state index contributed by atoms with van der Waals surface area (Å²) in [5, 5.41) is 1.13. The Morgan fingerprint density at radius 1 is 1.43 bits per heavy atom. The Morgan fingerprint density at radius 2 is 2.21 bits per heavy atom. The zero-order valence-corrected chi connectivity index (χ0v) is 10.4. The van der Waals surface area contributed by atoms with Gasteiger partial charge in [0, 0.05) is 24.0 Å². The van der Waals surface area contributed by atoms with Crippen LogP contribution in [0.1, 0.15) is 0 Å². The van der Waals surface area contributed by atoms with E-state index in [-0.39, 0.29) is 0 Å². The average Bonchev–Trinajstić information content (AvgIpc) is 2.44. The molecule has 0 spiro atoms. The van der Waals surface area contributed by atoms with Crippen LogP contribution >= 0.6 is 28.0 Å². The van der Waals surface area contributed by atoms with Gasteiger partial charge in [-0.25, -0.2) is 0 Å². The van der Waals surface area contributed by atoms with Crippen molar-refractivity contribution in [2.75, 3.05) is 6.26 Å². The van der Waals surface area contributed by atoms with Crippen LogP contribution in [-0.4, -0.2) is 10.8 Å². The lowest BCUT2D eigenvalue weighted by Crippen LogP contribution is -1.84. The molecule has 0 atom stereocenters. The minimum absolute atomic E-state index is 0.905. The molecule has 1 aromatic carbocycles. The van der Waals surface area contributed by atoms with Gasteiger partial charge in [-0.1, -0.05) is 6.07 Å². The second-order valence-electron chi connectivity index (χ2n) is 2.99. The van der Waals surface area contributed by atoms with E-state index in [0.29, 0.717) is 0 Å². The lowest BCUT2D eigenvalue weighted by molar-refractivity contribution is 0.658. The van der Waals surface area contributed by atoms with Gasteiger partial charge in [0.2, 0.25) is 0 Å². The maximum atomic E-state index is 5.49. The smallest absolute Gasteiger partial charge is 0.147 e. The van der Waals surface area contributed by atoms with E-state index in [0.717, 1.165) is 15.6 Å². The van der Waals surface area contributed by atoms with Crippen LogP contribution in [0.5, 0.6) is 5.75 Å². The van der Waals surface area contributed by atoms with E-state index < -0.39 is 0 Å². The van der Waals surface area contributed by atoms with Gasteiger partial charge in [0.15, 0.2) is 0 Å². The maximum absolute atomic E-state index is 5.49. The van der Waals surface area contributed by atoms with Crippen LogP contribution in [0.3, 0.4) is 0 Å². The third-order valence-corrected chi connectivity index (χ3v) is 3.05. The zero-order valence-electron chi connectivity index (χ0n) is 7.95. The van der Waals surface area contributed by atoms with Crippen molar-refractivity contribution in [1.29, 1.82) is 0 Å². The predicted molar refractivity (Wildman–Crippen MR) is 64.8 cm³/mol. The van der Waals surface area contributed by atoms with Crippen molar-refractivity contribution in [1.82, 2.24) is 4.57 Å². The Hall–Kier alpha value is -0.610. The molecule has 0 radical (unpaired) electrons. The van der Waals surface area contributed by atoms with Crippen molar-refractivity contribution in [3.05, 3.63) is 28.9 Å². The number of nitrogens with zero attached hydrogens (tertiary/aromatic N) is 1. The summed E-state index contributed by atoms with van der Waals surface area (Å²) in [6.45, 7) is 0. The fourth-order valence-corrected chi connectivity index (χ4v) is 2.54. The van der Waals surface area contributed by atoms with E-state index in [1.807, 2.05) is 31.6 Å². The number of benzene rings is 1. The molecule has 0 N–H and O–H groups in total. The standard InChI is InChI=1S/C10H10BrNOS/c1-12-6-7(11)10-8(12)4-3-5-9(10)13-14-2/h3-6H,1-2H3. The molecule has 0 aliphatic rings. The van der Waals surface area contributed by atoms with Gasteiger partial charge in [0.1, 0.15) is 5.75 Å². The van der Waals surface area contributed by atoms with E-state index in [1.54, 1.807) is 0 Å². The first kappa shape index (κ1) is 9.93. The van der Waals surface area contributed by atoms with Gasteiger partial charge in [-0.15, -0.1) is 0 Å². The number of rotatable bonds is 2. The van der Waals surface area contributed by atoms with Gasteiger partial charge in [0.25, 0.3) is 0 Å². The van der Waals surface area contributed by atoms with E-state index in [9.17, 15) is 0 Å². The molecule has 0 saturated heterocycles. The average molecular weight is 272 g/mol. The molecule has 0 fully saturated rings. The number of aryl methyl sites for hydroxylation is 1. The lowest BCUT2D eigenvalue weighted by Gasteiger charge is -2.03. The monoisotopic (exact) mass is 271 g/mol. The first-order valence-electron chi connectivity index (χ1n) is 4.18. The third-order valence-electron chi connectivity index (χ3n) is 2.10. The van der Waals surface area contributed by atoms with Crippen molar-refractivity contribution < 1.29 is 4.18 Å². The largest absolute Gasteiger partial charge is 0.425 e. The van der Waals surface area contributed by atoms with Crippen molar-refractivity contribution in [2.24, 2.45) is 7.05 Å². The van der Waals surface area contributed by atoms with Crippen molar-refractivity contribution in [3.63, 3.8) is 0 Å². The van der Waals surface area contributed by atoms with Gasteiger partial charge < -0.3 is 8.75 Å². The van der Waals surface area contributed by atoms with Gasteiger partial charge >= 0.3 is 0 Å². The Labute approximate surface area is 95.6 Å². The summed E-state index contributed by atoms with van der Waals surface area (Å²) in [5.74, 6) is 0.905. The van der Waals surface area contributed by atoms with E-state index >= 15 is 0 Å². The molecule has 2 rings (SSSR count). The van der Waals surface area contributed by atoms with Crippen molar-refractivity contribution in [2.45, 2.75) is 0 Å². The molecule has 0 bridgehead atoms. The predicted octanol–water partition coefficient (Wildman–Crippen LogP) is 3.60. The molecule has 0 amide bonds. The molecular weight excluding hydrogens is 262 g/mol. The van der Waals surface area contributed by atoms with Crippen LogP contribution in [0.2, 0.25) is 0 Å². The van der Waals surface area contributed by atoms with Gasteiger partial charge in [-0.2, -0.15) is 0 Å². The highest BCUT2D eigenvalue weighted by Crippen LogP contribution is 2.34. The normalized spacial score (nSPS) is 10.8. The van der Waals surface area contributed by atoms with Gasteiger partial charge in [0.05, 0.1) is 22.9 Å². The second-order valence-corrected chi connectivity index (χ2v) is 4.34. The Morgan fingerprint density at radius 3 is 2.93 bits per heavy atom. The molecule has 74 valence electrons.